The van der Waals surface area contributed by atoms with Gasteiger partial charge in [-0.3, -0.25) is 4.79 Å². The van der Waals surface area contributed by atoms with Crippen molar-refractivity contribution >= 4 is 5.97 Å². The third-order valence-electron chi connectivity index (χ3n) is 4.35. The van der Waals surface area contributed by atoms with Gasteiger partial charge in [0.1, 0.15) is 43.2 Å². The molecule has 2 saturated heterocycles. The van der Waals surface area contributed by atoms with Crippen molar-refractivity contribution in [2.24, 2.45) is 0 Å². The topological polar surface area (TPSA) is 196 Å². The summed E-state index contributed by atoms with van der Waals surface area (Å²) in [6, 6.07) is 0. The Hall–Kier alpha value is -0.930. The number of ether oxygens (including phenoxy) is 4. The zero-order valence-corrected chi connectivity index (χ0v) is 13.9. The minimum Gasteiger partial charge on any atom is -0.457 e. The Balaban J connectivity index is 2.23. The standard InChI is InChI=1S/C14H24O12/c1-5(18)23-11-8(19)6(2-15)24-13(10(11)21)26-14(4-17)12(22)9(20)7(3-16)25-14/h6-13,15-17,19-22H,2-4H2,1H3/t6-,7-,8-,9-,10-,11+,12+,13?,14?/m1/s1. The van der Waals surface area contributed by atoms with Crippen LogP contribution in [0.25, 0.3) is 0 Å². The van der Waals surface area contributed by atoms with Crippen LogP contribution in [0.15, 0.2) is 0 Å². The Morgan fingerprint density at radius 1 is 1.00 bits per heavy atom. The molecular formula is C14H24O12. The van der Waals surface area contributed by atoms with Crippen molar-refractivity contribution in [3.63, 3.8) is 0 Å². The number of aliphatic hydroxyl groups excluding tert-OH is 7. The highest BCUT2D eigenvalue weighted by atomic mass is 16.8. The SMILES string of the molecule is CC(=O)O[C@H]1[C@H](O)[C@@H](CO)OC(OC2(CO)O[C@H](CO)[C@@H](O)[C@@H]2O)[C@@H]1O. The Labute approximate surface area is 148 Å². The molecule has 0 amide bonds. The van der Waals surface area contributed by atoms with E-state index in [0.29, 0.717) is 0 Å². The Morgan fingerprint density at radius 2 is 1.62 bits per heavy atom. The molecule has 0 aromatic heterocycles. The fourth-order valence-corrected chi connectivity index (χ4v) is 2.95. The molecule has 12 nitrogen and oxygen atoms in total. The zero-order valence-electron chi connectivity index (χ0n) is 13.9. The lowest BCUT2D eigenvalue weighted by Crippen LogP contribution is -2.63. The first-order valence-electron chi connectivity index (χ1n) is 7.94. The van der Waals surface area contributed by atoms with Crippen molar-refractivity contribution in [1.82, 2.24) is 0 Å². The molecule has 2 aliphatic heterocycles. The molecule has 12 heteroatoms. The van der Waals surface area contributed by atoms with Gasteiger partial charge in [0.2, 0.25) is 5.79 Å². The third-order valence-corrected chi connectivity index (χ3v) is 4.35. The number of rotatable bonds is 6. The minimum atomic E-state index is -2.26. The summed E-state index contributed by atoms with van der Waals surface area (Å²) < 4.78 is 20.6. The maximum atomic E-state index is 11.2. The van der Waals surface area contributed by atoms with Gasteiger partial charge in [-0.2, -0.15) is 0 Å². The second-order valence-corrected chi connectivity index (χ2v) is 6.14. The molecule has 2 unspecified atom stereocenters. The number of carbonyl (C=O) groups excluding carboxylic acids is 1. The number of hydrogen-bond acceptors (Lipinski definition) is 12. The van der Waals surface area contributed by atoms with Gasteiger partial charge in [-0.05, 0) is 0 Å². The van der Waals surface area contributed by atoms with E-state index in [2.05, 4.69) is 0 Å². The average molecular weight is 384 g/mol. The van der Waals surface area contributed by atoms with Gasteiger partial charge in [0.15, 0.2) is 12.4 Å². The summed E-state index contributed by atoms with van der Waals surface area (Å²) in [5.41, 5.74) is 0. The van der Waals surface area contributed by atoms with Crippen LogP contribution in [-0.2, 0) is 23.7 Å². The molecule has 0 spiro atoms. The predicted octanol–water partition coefficient (Wildman–Crippen LogP) is -4.82. The van der Waals surface area contributed by atoms with Crippen LogP contribution in [0.5, 0.6) is 0 Å². The maximum Gasteiger partial charge on any atom is 0.303 e. The van der Waals surface area contributed by atoms with Crippen molar-refractivity contribution in [1.29, 1.82) is 0 Å². The van der Waals surface area contributed by atoms with Crippen molar-refractivity contribution in [2.75, 3.05) is 19.8 Å². The zero-order chi connectivity index (χ0) is 19.6. The molecule has 0 aliphatic carbocycles. The number of esters is 1. The fraction of sp³-hybridized carbons (Fsp3) is 0.929. The van der Waals surface area contributed by atoms with Gasteiger partial charge >= 0.3 is 5.97 Å². The summed E-state index contributed by atoms with van der Waals surface area (Å²) >= 11 is 0. The fourth-order valence-electron chi connectivity index (χ4n) is 2.95. The van der Waals surface area contributed by atoms with Gasteiger partial charge < -0.3 is 54.7 Å². The van der Waals surface area contributed by atoms with Crippen LogP contribution in [0.2, 0.25) is 0 Å². The van der Waals surface area contributed by atoms with E-state index in [1.165, 1.54) is 0 Å². The van der Waals surface area contributed by atoms with E-state index in [4.69, 9.17) is 24.1 Å². The first-order valence-corrected chi connectivity index (χ1v) is 7.94. The molecule has 0 bridgehead atoms. The molecule has 9 atom stereocenters. The quantitative estimate of drug-likeness (QED) is 0.216. The summed E-state index contributed by atoms with van der Waals surface area (Å²) in [5, 5.41) is 68.4. The van der Waals surface area contributed by atoms with E-state index in [1.54, 1.807) is 0 Å². The van der Waals surface area contributed by atoms with Crippen LogP contribution >= 0.6 is 0 Å². The van der Waals surface area contributed by atoms with Crippen LogP contribution < -0.4 is 0 Å². The molecular weight excluding hydrogens is 360 g/mol. The largest absolute Gasteiger partial charge is 0.457 e. The second kappa shape index (κ2) is 8.39. The lowest BCUT2D eigenvalue weighted by atomic mass is 9.98. The van der Waals surface area contributed by atoms with E-state index in [0.717, 1.165) is 6.92 Å². The molecule has 26 heavy (non-hydrogen) atoms. The molecule has 152 valence electrons. The first kappa shape index (κ1) is 21.4. The Morgan fingerprint density at radius 3 is 2.08 bits per heavy atom. The molecule has 0 aromatic rings. The normalized spacial score (nSPS) is 46.3. The van der Waals surface area contributed by atoms with E-state index in [1.807, 2.05) is 0 Å². The summed E-state index contributed by atoms with van der Waals surface area (Å²) in [6.45, 7) is -1.35. The summed E-state index contributed by atoms with van der Waals surface area (Å²) in [4.78, 5) is 11.2. The van der Waals surface area contributed by atoms with Crippen LogP contribution in [0.3, 0.4) is 0 Å². The smallest absolute Gasteiger partial charge is 0.303 e. The lowest BCUT2D eigenvalue weighted by molar-refractivity contribution is -0.383. The van der Waals surface area contributed by atoms with Crippen LogP contribution in [0, 0.1) is 0 Å². The molecule has 0 saturated carbocycles. The van der Waals surface area contributed by atoms with Gasteiger partial charge in [0.25, 0.3) is 0 Å². The van der Waals surface area contributed by atoms with Gasteiger partial charge in [-0.15, -0.1) is 0 Å². The summed E-state index contributed by atoms with van der Waals surface area (Å²) in [6.07, 6.45) is -12.6. The van der Waals surface area contributed by atoms with Crippen LogP contribution in [0.1, 0.15) is 6.92 Å². The monoisotopic (exact) mass is 384 g/mol. The molecule has 0 aromatic carbocycles. The highest BCUT2D eigenvalue weighted by Gasteiger charge is 2.58. The molecule has 0 radical (unpaired) electrons. The van der Waals surface area contributed by atoms with Gasteiger partial charge in [-0.1, -0.05) is 0 Å². The summed E-state index contributed by atoms with van der Waals surface area (Å²) in [7, 11) is 0. The van der Waals surface area contributed by atoms with E-state index >= 15 is 0 Å². The molecule has 7 N–H and O–H groups in total. The van der Waals surface area contributed by atoms with Crippen LogP contribution in [0.4, 0.5) is 0 Å². The van der Waals surface area contributed by atoms with E-state index in [9.17, 15) is 35.4 Å². The maximum absolute atomic E-state index is 11.2. The molecule has 2 fully saturated rings. The summed E-state index contributed by atoms with van der Waals surface area (Å²) in [5.74, 6) is -3.09. The van der Waals surface area contributed by atoms with Gasteiger partial charge in [0, 0.05) is 6.92 Å². The highest BCUT2D eigenvalue weighted by molar-refractivity contribution is 5.66. The van der Waals surface area contributed by atoms with Crippen molar-refractivity contribution in [3.05, 3.63) is 0 Å². The van der Waals surface area contributed by atoms with Crippen molar-refractivity contribution in [3.8, 4) is 0 Å². The lowest BCUT2D eigenvalue weighted by Gasteiger charge is -2.44. The third kappa shape index (κ3) is 3.84. The predicted molar refractivity (Wildman–Crippen MR) is 78.2 cm³/mol. The highest BCUT2D eigenvalue weighted by Crippen LogP contribution is 2.36. The molecule has 2 rings (SSSR count). The van der Waals surface area contributed by atoms with Crippen LogP contribution in [-0.4, -0.2) is 116 Å². The first-order chi connectivity index (χ1) is 12.2. The van der Waals surface area contributed by atoms with Gasteiger partial charge in [-0.25, -0.2) is 0 Å². The Kier molecular flexibility index (Phi) is 6.90. The van der Waals surface area contributed by atoms with E-state index in [-0.39, 0.29) is 0 Å². The molecule has 2 heterocycles. The number of aliphatic hydroxyl groups is 7. The second-order valence-electron chi connectivity index (χ2n) is 6.14. The van der Waals surface area contributed by atoms with Crippen molar-refractivity contribution < 1.29 is 59.5 Å². The van der Waals surface area contributed by atoms with Gasteiger partial charge in [0.05, 0.1) is 13.2 Å². The molecule has 2 aliphatic rings. The minimum absolute atomic E-state index is 0.689. The number of carbonyl (C=O) groups is 1. The Bertz CT molecular complexity index is 489. The van der Waals surface area contributed by atoms with E-state index < -0.39 is 80.6 Å². The van der Waals surface area contributed by atoms with Crippen molar-refractivity contribution in [2.45, 2.75) is 61.7 Å². The number of hydrogen-bond donors (Lipinski definition) is 7. The average Bonchev–Trinajstić information content (AvgIpc) is 2.85.